The summed E-state index contributed by atoms with van der Waals surface area (Å²) in [6.45, 7) is 6.80. The van der Waals surface area contributed by atoms with Gasteiger partial charge >= 0.3 is 5.97 Å². The fourth-order valence-corrected chi connectivity index (χ4v) is 9.63. The van der Waals surface area contributed by atoms with Crippen molar-refractivity contribution >= 4 is 19.7 Å². The molecule has 10 heteroatoms. The molecule has 442 valence electrons. The smallest absolute Gasteiger partial charge is 0.306 e. The van der Waals surface area contributed by atoms with Crippen molar-refractivity contribution in [1.29, 1.82) is 0 Å². The molecular weight excluding hydrogens is 964 g/mol. The van der Waals surface area contributed by atoms with Gasteiger partial charge in [0, 0.05) is 12.8 Å². The normalized spacial score (nSPS) is 14.1. The zero-order valence-electron chi connectivity index (χ0n) is 50.4. The summed E-state index contributed by atoms with van der Waals surface area (Å²) in [5.74, 6) is -0.564. The first-order valence-corrected chi connectivity index (χ1v) is 33.2. The van der Waals surface area contributed by atoms with E-state index in [2.05, 4.69) is 86.8 Å². The number of hydrogen-bond donors (Lipinski definition) is 1. The van der Waals surface area contributed by atoms with Crippen LogP contribution in [-0.4, -0.2) is 69.4 Å². The highest BCUT2D eigenvalue weighted by Gasteiger charge is 2.27. The van der Waals surface area contributed by atoms with Gasteiger partial charge in [0.1, 0.15) is 19.3 Å². The van der Waals surface area contributed by atoms with E-state index >= 15 is 0 Å². The first-order valence-electron chi connectivity index (χ1n) is 31.7. The van der Waals surface area contributed by atoms with Crippen molar-refractivity contribution in [2.75, 3.05) is 40.9 Å². The Hall–Kier alpha value is -2.55. The molecule has 3 unspecified atom stereocenters. The first kappa shape index (κ1) is 73.5. The summed E-state index contributed by atoms with van der Waals surface area (Å²) in [7, 11) is 1.17. The zero-order valence-corrected chi connectivity index (χ0v) is 51.3. The molecule has 3 atom stereocenters. The number of nitrogens with one attached hydrogen (secondary N) is 1. The molecule has 0 heterocycles. The SMILES string of the molecule is CCCCC/C=C\C/C=C\C/C=C\C/C=C\CCCCCCCC(=O)OC(/C=C/CCCCCCCCCCCC)C(COP(=O)([O-])OCC[N+](C)(C)C)NC(=O)CCCCCCCCC/C=C/CCCCCCCC. The average Bonchev–Trinajstić information content (AvgIpc) is 3.38. The van der Waals surface area contributed by atoms with Crippen LogP contribution < -0.4 is 10.2 Å². The highest BCUT2D eigenvalue weighted by atomic mass is 31.2. The van der Waals surface area contributed by atoms with Crippen molar-refractivity contribution in [2.24, 2.45) is 0 Å². The minimum Gasteiger partial charge on any atom is -0.756 e. The quantitative estimate of drug-likeness (QED) is 0.0212. The molecule has 0 spiro atoms. The van der Waals surface area contributed by atoms with Crippen LogP contribution >= 0.6 is 7.82 Å². The molecule has 0 aromatic rings. The van der Waals surface area contributed by atoms with Gasteiger partial charge in [-0.1, -0.05) is 242 Å². The Morgan fingerprint density at radius 3 is 1.24 bits per heavy atom. The van der Waals surface area contributed by atoms with E-state index < -0.39 is 26.6 Å². The van der Waals surface area contributed by atoms with Gasteiger partial charge in [-0.2, -0.15) is 0 Å². The van der Waals surface area contributed by atoms with E-state index in [1.807, 2.05) is 33.3 Å². The zero-order chi connectivity index (χ0) is 55.7. The third-order valence-corrected chi connectivity index (χ3v) is 14.8. The topological polar surface area (TPSA) is 114 Å². The second kappa shape index (κ2) is 55.8. The molecule has 0 aliphatic carbocycles. The highest BCUT2D eigenvalue weighted by Crippen LogP contribution is 2.38. The van der Waals surface area contributed by atoms with Crippen LogP contribution in [0.5, 0.6) is 0 Å². The summed E-state index contributed by atoms with van der Waals surface area (Å²) in [5, 5.41) is 3.02. The van der Waals surface area contributed by atoms with Crippen molar-refractivity contribution in [3.8, 4) is 0 Å². The van der Waals surface area contributed by atoms with E-state index in [9.17, 15) is 19.0 Å². The van der Waals surface area contributed by atoms with Gasteiger partial charge in [0.25, 0.3) is 7.82 Å². The van der Waals surface area contributed by atoms with E-state index in [1.54, 1.807) is 0 Å². The number of nitrogens with zero attached hydrogens (tertiary/aromatic N) is 1. The van der Waals surface area contributed by atoms with E-state index in [0.717, 1.165) is 103 Å². The fourth-order valence-electron chi connectivity index (χ4n) is 8.91. The lowest BCUT2D eigenvalue weighted by molar-refractivity contribution is -0.870. The summed E-state index contributed by atoms with van der Waals surface area (Å²) in [4.78, 5) is 40.0. The summed E-state index contributed by atoms with van der Waals surface area (Å²) in [6, 6.07) is -0.901. The lowest BCUT2D eigenvalue weighted by Crippen LogP contribution is -2.47. The molecule has 1 amide bonds. The molecule has 0 saturated heterocycles. The fraction of sp³-hybridized carbons (Fsp3) is 0.788. The number of esters is 1. The van der Waals surface area contributed by atoms with Crippen LogP contribution in [0.25, 0.3) is 0 Å². The summed E-state index contributed by atoms with van der Waals surface area (Å²) in [5.41, 5.74) is 0. The number of allylic oxidation sites excluding steroid dienone is 11. The van der Waals surface area contributed by atoms with Crippen molar-refractivity contribution in [3.63, 3.8) is 0 Å². The maximum absolute atomic E-state index is 13.5. The minimum atomic E-state index is -4.71. The molecule has 0 radical (unpaired) electrons. The van der Waals surface area contributed by atoms with Crippen LogP contribution in [0.3, 0.4) is 0 Å². The standard InChI is InChI=1S/C66H121N2O7P/c1-7-10-13-16-19-22-25-28-30-32-33-34-35-37-39-41-44-47-50-53-56-59-66(70)75-64(57-54-51-48-45-42-27-24-21-18-15-12-9-3)63(62-74-76(71,72)73-61-60-68(4,5)6)67-65(69)58-55-52-49-46-43-40-38-36-31-29-26-23-20-17-14-11-8-2/h19,22,28-31,33-34,37,39,54,57,63-64H,7-18,20-21,23-27,32,35-36,38,40-53,55-56,58-62H2,1-6H3,(H-,67,69,71,72)/b22-19-,30-28-,31-29+,34-33-,39-37-,57-54+. The Kier molecular flexibility index (Phi) is 53.9. The number of phosphoric acid groups is 1. The van der Waals surface area contributed by atoms with Crippen molar-refractivity contribution in [3.05, 3.63) is 72.9 Å². The Bertz CT molecular complexity index is 1530. The molecular formula is C66H121N2O7P. The third-order valence-electron chi connectivity index (χ3n) is 13.9. The van der Waals surface area contributed by atoms with E-state index in [4.69, 9.17) is 13.8 Å². The number of quaternary nitrogens is 1. The molecule has 0 saturated carbocycles. The molecule has 0 aromatic carbocycles. The molecule has 0 bridgehead atoms. The van der Waals surface area contributed by atoms with Crippen LogP contribution in [-0.2, 0) is 27.9 Å². The van der Waals surface area contributed by atoms with Gasteiger partial charge in [0.2, 0.25) is 5.91 Å². The van der Waals surface area contributed by atoms with Gasteiger partial charge in [-0.25, -0.2) is 0 Å². The molecule has 1 N–H and O–H groups in total. The summed E-state index contributed by atoms with van der Waals surface area (Å²) < 4.78 is 30.3. The van der Waals surface area contributed by atoms with Gasteiger partial charge < -0.3 is 28.5 Å². The molecule has 0 aromatic heterocycles. The number of rotatable bonds is 57. The minimum absolute atomic E-state index is 0.0284. The number of carbonyl (C=O) groups is 2. The third kappa shape index (κ3) is 56.2. The van der Waals surface area contributed by atoms with Crippen LogP contribution in [0.2, 0.25) is 0 Å². The van der Waals surface area contributed by atoms with Crippen molar-refractivity contribution in [1.82, 2.24) is 5.32 Å². The number of ether oxygens (including phenoxy) is 1. The molecule has 9 nitrogen and oxygen atoms in total. The van der Waals surface area contributed by atoms with Gasteiger partial charge in [0.05, 0.1) is 33.8 Å². The van der Waals surface area contributed by atoms with E-state index in [-0.39, 0.29) is 24.9 Å². The number of phosphoric ester groups is 1. The lowest BCUT2D eigenvalue weighted by Gasteiger charge is -2.30. The van der Waals surface area contributed by atoms with Gasteiger partial charge in [-0.05, 0) is 102 Å². The first-order chi connectivity index (χ1) is 36.9. The maximum Gasteiger partial charge on any atom is 0.306 e. The predicted octanol–water partition coefficient (Wildman–Crippen LogP) is 19.0. The van der Waals surface area contributed by atoms with Crippen LogP contribution in [0.1, 0.15) is 284 Å². The Morgan fingerprint density at radius 1 is 0.461 bits per heavy atom. The Morgan fingerprint density at radius 2 is 0.803 bits per heavy atom. The van der Waals surface area contributed by atoms with Gasteiger partial charge in [0.15, 0.2) is 0 Å². The Balaban J connectivity index is 5.28. The monoisotopic (exact) mass is 1080 g/mol. The lowest BCUT2D eigenvalue weighted by atomic mass is 10.0. The van der Waals surface area contributed by atoms with Crippen molar-refractivity contribution in [2.45, 2.75) is 296 Å². The van der Waals surface area contributed by atoms with Crippen LogP contribution in [0.15, 0.2) is 72.9 Å². The largest absolute Gasteiger partial charge is 0.756 e. The molecule has 0 fully saturated rings. The van der Waals surface area contributed by atoms with Gasteiger partial charge in [-0.15, -0.1) is 0 Å². The number of likely N-dealkylation sites (N-methyl/N-ethyl adjacent to an activating group) is 1. The van der Waals surface area contributed by atoms with Crippen LogP contribution in [0, 0.1) is 0 Å². The van der Waals surface area contributed by atoms with Gasteiger partial charge in [-0.3, -0.25) is 14.2 Å². The van der Waals surface area contributed by atoms with Crippen LogP contribution in [0.4, 0.5) is 0 Å². The summed E-state index contributed by atoms with van der Waals surface area (Å²) in [6.07, 6.45) is 71.5. The van der Waals surface area contributed by atoms with Crippen molar-refractivity contribution < 1.29 is 37.3 Å². The number of hydrogen-bond acceptors (Lipinski definition) is 7. The molecule has 76 heavy (non-hydrogen) atoms. The second-order valence-corrected chi connectivity index (χ2v) is 24.0. The number of unbranched alkanes of at least 4 members (excludes halogenated alkanes) is 31. The number of amides is 1. The number of carbonyl (C=O) groups excluding carboxylic acids is 2. The second-order valence-electron chi connectivity index (χ2n) is 22.6. The summed E-state index contributed by atoms with van der Waals surface area (Å²) >= 11 is 0. The van der Waals surface area contributed by atoms with E-state index in [0.29, 0.717) is 23.9 Å². The highest BCUT2D eigenvalue weighted by molar-refractivity contribution is 7.45. The van der Waals surface area contributed by atoms with E-state index in [1.165, 1.54) is 141 Å². The molecule has 0 aliphatic heterocycles. The average molecular weight is 1090 g/mol. The Labute approximate surface area is 470 Å². The molecule has 0 aliphatic rings. The maximum atomic E-state index is 13.5. The predicted molar refractivity (Wildman–Crippen MR) is 325 cm³/mol. The molecule has 0 rings (SSSR count).